The number of carbonyl (C=O) groups excluding carboxylic acids is 1. The largest absolute Gasteiger partial charge is 0.309 e. The van der Waals surface area contributed by atoms with Crippen LogP contribution in [-0.2, 0) is 17.9 Å². The minimum absolute atomic E-state index is 0.145. The van der Waals surface area contributed by atoms with Gasteiger partial charge >= 0.3 is 0 Å². The predicted molar refractivity (Wildman–Crippen MR) is 71.0 cm³/mol. The maximum Gasteiger partial charge on any atom is 0.227 e. The SMILES string of the molecule is N#CCn1ccc(NC(=O)CCn2cc(Br)cn2)n1. The first kappa shape index (κ1) is 13.3. The van der Waals surface area contributed by atoms with Crippen molar-refractivity contribution in [2.24, 2.45) is 0 Å². The third-order valence-electron chi connectivity index (χ3n) is 2.31. The molecule has 0 spiro atoms. The summed E-state index contributed by atoms with van der Waals surface area (Å²) < 4.78 is 4.01. The summed E-state index contributed by atoms with van der Waals surface area (Å²) >= 11 is 3.29. The van der Waals surface area contributed by atoms with E-state index in [9.17, 15) is 4.79 Å². The number of carbonyl (C=O) groups is 1. The molecule has 1 N–H and O–H groups in total. The first-order valence-electron chi connectivity index (χ1n) is 5.55. The van der Waals surface area contributed by atoms with Gasteiger partial charge in [-0.1, -0.05) is 0 Å². The molecule has 0 aromatic carbocycles. The van der Waals surface area contributed by atoms with Crippen LogP contribution in [0, 0.1) is 11.3 Å². The summed E-state index contributed by atoms with van der Waals surface area (Å²) in [6, 6.07) is 3.62. The molecule has 0 aliphatic carbocycles. The Morgan fingerprint density at radius 3 is 3.05 bits per heavy atom. The second-order valence-electron chi connectivity index (χ2n) is 3.78. The van der Waals surface area contributed by atoms with Gasteiger partial charge in [0.25, 0.3) is 0 Å². The first-order chi connectivity index (χ1) is 9.17. The molecule has 1 amide bonds. The van der Waals surface area contributed by atoms with E-state index in [-0.39, 0.29) is 12.5 Å². The van der Waals surface area contributed by atoms with E-state index in [1.807, 2.05) is 6.07 Å². The van der Waals surface area contributed by atoms with Gasteiger partial charge in [0.05, 0.1) is 16.7 Å². The zero-order valence-corrected chi connectivity index (χ0v) is 11.5. The van der Waals surface area contributed by atoms with Crippen LogP contribution in [-0.4, -0.2) is 25.5 Å². The van der Waals surface area contributed by atoms with Crippen LogP contribution in [0.25, 0.3) is 0 Å². The van der Waals surface area contributed by atoms with Crippen LogP contribution >= 0.6 is 15.9 Å². The number of hydrogen-bond donors (Lipinski definition) is 1. The smallest absolute Gasteiger partial charge is 0.227 e. The van der Waals surface area contributed by atoms with Gasteiger partial charge in [-0.05, 0) is 15.9 Å². The highest BCUT2D eigenvalue weighted by molar-refractivity contribution is 9.10. The molecule has 98 valence electrons. The molecule has 7 nitrogen and oxygen atoms in total. The fraction of sp³-hybridized carbons (Fsp3) is 0.273. The van der Waals surface area contributed by atoms with Gasteiger partial charge in [-0.25, -0.2) is 0 Å². The molecule has 0 radical (unpaired) electrons. The molecule has 0 atom stereocenters. The van der Waals surface area contributed by atoms with Crippen molar-refractivity contribution in [3.63, 3.8) is 0 Å². The van der Waals surface area contributed by atoms with E-state index < -0.39 is 0 Å². The Morgan fingerprint density at radius 1 is 1.53 bits per heavy atom. The van der Waals surface area contributed by atoms with E-state index in [1.165, 1.54) is 4.68 Å². The molecule has 0 aliphatic rings. The van der Waals surface area contributed by atoms with Crippen LogP contribution < -0.4 is 5.32 Å². The maximum atomic E-state index is 11.7. The average molecular weight is 323 g/mol. The van der Waals surface area contributed by atoms with Gasteiger partial charge in [0.2, 0.25) is 5.91 Å². The molecule has 0 saturated carbocycles. The van der Waals surface area contributed by atoms with Gasteiger partial charge in [-0.15, -0.1) is 0 Å². The highest BCUT2D eigenvalue weighted by Gasteiger charge is 2.06. The zero-order chi connectivity index (χ0) is 13.7. The minimum atomic E-state index is -0.145. The van der Waals surface area contributed by atoms with Crippen LogP contribution in [0.3, 0.4) is 0 Å². The highest BCUT2D eigenvalue weighted by Crippen LogP contribution is 2.07. The Labute approximate surface area is 117 Å². The normalized spacial score (nSPS) is 10.1. The van der Waals surface area contributed by atoms with Crippen molar-refractivity contribution in [3.8, 4) is 6.07 Å². The standard InChI is InChI=1S/C11H11BrN6O/c12-9-7-14-18(8-9)5-2-11(19)15-10-1-4-17(16-10)6-3-13/h1,4,7-8H,2,5-6H2,(H,15,16,19). The van der Waals surface area contributed by atoms with Crippen molar-refractivity contribution in [1.82, 2.24) is 19.6 Å². The van der Waals surface area contributed by atoms with Crippen LogP contribution in [0.2, 0.25) is 0 Å². The quantitative estimate of drug-likeness (QED) is 0.901. The third-order valence-corrected chi connectivity index (χ3v) is 2.72. The molecule has 0 aliphatic heterocycles. The summed E-state index contributed by atoms with van der Waals surface area (Å²) in [5.74, 6) is 0.302. The molecule has 8 heteroatoms. The first-order valence-corrected chi connectivity index (χ1v) is 6.35. The van der Waals surface area contributed by atoms with E-state index in [0.29, 0.717) is 18.8 Å². The number of rotatable bonds is 5. The van der Waals surface area contributed by atoms with Gasteiger partial charge in [0, 0.05) is 31.4 Å². The lowest BCUT2D eigenvalue weighted by Gasteiger charge is -2.02. The van der Waals surface area contributed by atoms with Crippen LogP contribution in [0.1, 0.15) is 6.42 Å². The van der Waals surface area contributed by atoms with Gasteiger partial charge in [0.1, 0.15) is 6.54 Å². The molecule has 0 fully saturated rings. The van der Waals surface area contributed by atoms with Crippen molar-refractivity contribution in [1.29, 1.82) is 5.26 Å². The summed E-state index contributed by atoms with van der Waals surface area (Å²) in [7, 11) is 0. The number of anilines is 1. The second-order valence-corrected chi connectivity index (χ2v) is 4.69. The molecular formula is C11H11BrN6O. The monoisotopic (exact) mass is 322 g/mol. The molecule has 0 unspecified atom stereocenters. The molecule has 2 heterocycles. The van der Waals surface area contributed by atoms with Crippen LogP contribution in [0.5, 0.6) is 0 Å². The molecule has 0 bridgehead atoms. The molecule has 2 rings (SSSR count). The highest BCUT2D eigenvalue weighted by atomic mass is 79.9. The van der Waals surface area contributed by atoms with E-state index in [0.717, 1.165) is 4.47 Å². The number of nitriles is 1. The lowest BCUT2D eigenvalue weighted by atomic mass is 10.4. The Hall–Kier alpha value is -2.14. The number of nitrogens with zero attached hydrogens (tertiary/aromatic N) is 5. The van der Waals surface area contributed by atoms with E-state index in [4.69, 9.17) is 5.26 Å². The fourth-order valence-corrected chi connectivity index (χ4v) is 1.80. The van der Waals surface area contributed by atoms with E-state index >= 15 is 0 Å². The fourth-order valence-electron chi connectivity index (χ4n) is 1.47. The molecule has 0 saturated heterocycles. The van der Waals surface area contributed by atoms with Crippen LogP contribution in [0.4, 0.5) is 5.82 Å². The van der Waals surface area contributed by atoms with E-state index in [1.54, 1.807) is 29.3 Å². The summed E-state index contributed by atoms with van der Waals surface area (Å²) in [4.78, 5) is 11.7. The molecular weight excluding hydrogens is 312 g/mol. The Bertz CT molecular complexity index is 611. The minimum Gasteiger partial charge on any atom is -0.309 e. The molecule has 19 heavy (non-hydrogen) atoms. The summed E-state index contributed by atoms with van der Waals surface area (Å²) in [5.41, 5.74) is 0. The third kappa shape index (κ3) is 3.93. The Morgan fingerprint density at radius 2 is 2.37 bits per heavy atom. The van der Waals surface area contributed by atoms with Gasteiger partial charge < -0.3 is 5.32 Å². The van der Waals surface area contributed by atoms with Crippen molar-refractivity contribution in [3.05, 3.63) is 29.1 Å². The molecule has 2 aromatic heterocycles. The van der Waals surface area contributed by atoms with Crippen molar-refractivity contribution in [2.45, 2.75) is 19.5 Å². The topological polar surface area (TPSA) is 88.5 Å². The van der Waals surface area contributed by atoms with E-state index in [2.05, 4.69) is 31.4 Å². The zero-order valence-electron chi connectivity index (χ0n) is 9.95. The average Bonchev–Trinajstić information content (AvgIpc) is 2.97. The second kappa shape index (κ2) is 6.15. The number of nitrogens with one attached hydrogen (secondary N) is 1. The van der Waals surface area contributed by atoms with Gasteiger partial charge in [-0.2, -0.15) is 15.5 Å². The lowest BCUT2D eigenvalue weighted by Crippen LogP contribution is -2.15. The number of aromatic nitrogens is 4. The van der Waals surface area contributed by atoms with Crippen molar-refractivity contribution >= 4 is 27.7 Å². The predicted octanol–water partition coefficient (Wildman–Crippen LogP) is 1.39. The number of hydrogen-bond acceptors (Lipinski definition) is 4. The van der Waals surface area contributed by atoms with Gasteiger partial charge in [0.15, 0.2) is 5.82 Å². The van der Waals surface area contributed by atoms with Crippen LogP contribution in [0.15, 0.2) is 29.1 Å². The van der Waals surface area contributed by atoms with Crippen molar-refractivity contribution < 1.29 is 4.79 Å². The lowest BCUT2D eigenvalue weighted by molar-refractivity contribution is -0.116. The number of amides is 1. The summed E-state index contributed by atoms with van der Waals surface area (Å²) in [6.07, 6.45) is 5.42. The molecule has 2 aromatic rings. The maximum absolute atomic E-state index is 11.7. The van der Waals surface area contributed by atoms with Crippen molar-refractivity contribution in [2.75, 3.05) is 5.32 Å². The summed E-state index contributed by atoms with van der Waals surface area (Å²) in [5, 5.41) is 19.3. The van der Waals surface area contributed by atoms with Gasteiger partial charge in [-0.3, -0.25) is 14.2 Å². The summed E-state index contributed by atoms with van der Waals surface area (Å²) in [6.45, 7) is 0.660. The Balaban J connectivity index is 1.82. The number of halogens is 1. The Kier molecular flexibility index (Phi) is 4.30. The number of aryl methyl sites for hydroxylation is 1.